The largest absolute Gasteiger partial charge is 0.0533 e. The molecule has 14 heavy (non-hydrogen) atoms. The summed E-state index contributed by atoms with van der Waals surface area (Å²) in [6, 6.07) is 0. The maximum absolute atomic E-state index is 1.61. The predicted molar refractivity (Wildman–Crippen MR) is 60.2 cm³/mol. The molecule has 3 atom stereocenters. The van der Waals surface area contributed by atoms with Crippen LogP contribution in [0.25, 0.3) is 0 Å². The van der Waals surface area contributed by atoms with Gasteiger partial charge >= 0.3 is 0 Å². The van der Waals surface area contributed by atoms with Gasteiger partial charge in [0.05, 0.1) is 0 Å². The van der Waals surface area contributed by atoms with Crippen LogP contribution < -0.4 is 0 Å². The van der Waals surface area contributed by atoms with Gasteiger partial charge in [-0.25, -0.2) is 0 Å². The van der Waals surface area contributed by atoms with Crippen LogP contribution in [0.3, 0.4) is 0 Å². The van der Waals surface area contributed by atoms with Gasteiger partial charge < -0.3 is 0 Å². The highest BCUT2D eigenvalue weighted by atomic mass is 14.5. The lowest BCUT2D eigenvalue weighted by Crippen LogP contribution is -2.45. The van der Waals surface area contributed by atoms with Crippen LogP contribution in [0.2, 0.25) is 0 Å². The van der Waals surface area contributed by atoms with Gasteiger partial charge in [-0.15, -0.1) is 0 Å². The summed E-state index contributed by atoms with van der Waals surface area (Å²) in [5.41, 5.74) is 0.883. The van der Waals surface area contributed by atoms with Crippen LogP contribution in [-0.4, -0.2) is 0 Å². The number of hydrogen-bond donors (Lipinski definition) is 0. The highest BCUT2D eigenvalue weighted by Gasteiger charge is 2.48. The summed E-state index contributed by atoms with van der Waals surface area (Å²) in [5.74, 6) is 2.30. The van der Waals surface area contributed by atoms with Crippen LogP contribution in [0.15, 0.2) is 0 Å². The fourth-order valence-corrected chi connectivity index (χ4v) is 4.45. The molecule has 3 unspecified atom stereocenters. The predicted octanol–water partition coefficient (Wildman–Crippen LogP) is 4.54. The van der Waals surface area contributed by atoms with E-state index in [1.807, 2.05) is 0 Å². The lowest BCUT2D eigenvalue weighted by Gasteiger charge is -2.56. The molecule has 80 valence electrons. The molecule has 0 heterocycles. The van der Waals surface area contributed by atoms with Crippen molar-refractivity contribution in [2.75, 3.05) is 0 Å². The molecule has 4 rings (SSSR count). The third-order valence-electron chi connectivity index (χ3n) is 5.56. The highest BCUT2D eigenvalue weighted by Crippen LogP contribution is 2.60. The van der Waals surface area contributed by atoms with Crippen LogP contribution in [0.5, 0.6) is 0 Å². The molecule has 0 heteroatoms. The first-order valence-electron chi connectivity index (χ1n) is 6.89. The monoisotopic (exact) mass is 192 g/mol. The summed E-state index contributed by atoms with van der Waals surface area (Å²) in [7, 11) is 0. The number of hydrogen-bond acceptors (Lipinski definition) is 0. The van der Waals surface area contributed by atoms with E-state index in [0.717, 1.165) is 11.3 Å². The van der Waals surface area contributed by atoms with E-state index < -0.39 is 0 Å². The van der Waals surface area contributed by atoms with Crippen molar-refractivity contribution < 1.29 is 0 Å². The minimum atomic E-state index is 0.883. The van der Waals surface area contributed by atoms with Crippen LogP contribution in [0.4, 0.5) is 0 Å². The molecule has 4 aliphatic rings. The van der Waals surface area contributed by atoms with Gasteiger partial charge in [-0.3, -0.25) is 0 Å². The molecule has 0 aromatic rings. The van der Waals surface area contributed by atoms with Gasteiger partial charge in [-0.05, 0) is 55.8 Å². The molecule has 0 amide bonds. The lowest BCUT2D eigenvalue weighted by atomic mass is 9.50. The highest BCUT2D eigenvalue weighted by molar-refractivity contribution is 4.99. The molecular formula is C14H24. The quantitative estimate of drug-likeness (QED) is 0.528. The van der Waals surface area contributed by atoms with Crippen molar-refractivity contribution in [1.82, 2.24) is 0 Å². The Morgan fingerprint density at radius 2 is 1.57 bits per heavy atom. The smallest absolute Gasteiger partial charge is 0.0269 e. The van der Waals surface area contributed by atoms with Gasteiger partial charge in [0.25, 0.3) is 0 Å². The van der Waals surface area contributed by atoms with Gasteiger partial charge in [0.15, 0.2) is 0 Å². The molecule has 2 bridgehead atoms. The third-order valence-corrected chi connectivity index (χ3v) is 5.56. The zero-order chi connectivity index (χ0) is 9.43. The Labute approximate surface area is 88.5 Å². The van der Waals surface area contributed by atoms with Gasteiger partial charge in [-0.1, -0.05) is 32.1 Å². The van der Waals surface area contributed by atoms with E-state index in [4.69, 9.17) is 0 Å². The van der Waals surface area contributed by atoms with Crippen LogP contribution in [-0.2, 0) is 0 Å². The first-order chi connectivity index (χ1) is 6.89. The first-order valence-corrected chi connectivity index (χ1v) is 6.89. The second-order valence-corrected chi connectivity index (χ2v) is 6.19. The van der Waals surface area contributed by atoms with Crippen molar-refractivity contribution in [3.63, 3.8) is 0 Å². The molecule has 0 aliphatic heterocycles. The van der Waals surface area contributed by atoms with Crippen molar-refractivity contribution >= 4 is 0 Å². The summed E-state index contributed by atoms with van der Waals surface area (Å²) in [6.07, 6.45) is 17.2. The molecule has 1 spiro atoms. The fourth-order valence-electron chi connectivity index (χ4n) is 4.45. The molecule has 4 aliphatic carbocycles. The molecule has 0 N–H and O–H groups in total. The van der Waals surface area contributed by atoms with Crippen molar-refractivity contribution in [2.24, 2.45) is 17.3 Å². The average Bonchev–Trinajstić information content (AvgIpc) is 2.20. The van der Waals surface area contributed by atoms with Crippen molar-refractivity contribution in [2.45, 2.75) is 70.6 Å². The maximum Gasteiger partial charge on any atom is -0.0269 e. The van der Waals surface area contributed by atoms with Crippen molar-refractivity contribution in [3.05, 3.63) is 0 Å². The van der Waals surface area contributed by atoms with Crippen LogP contribution in [0.1, 0.15) is 70.6 Å². The second-order valence-electron chi connectivity index (χ2n) is 6.19. The van der Waals surface area contributed by atoms with E-state index in [2.05, 4.69) is 0 Å². The van der Waals surface area contributed by atoms with Gasteiger partial charge in [-0.2, -0.15) is 0 Å². The minimum Gasteiger partial charge on any atom is -0.0533 e. The topological polar surface area (TPSA) is 0 Å². The summed E-state index contributed by atoms with van der Waals surface area (Å²) in [4.78, 5) is 0. The summed E-state index contributed by atoms with van der Waals surface area (Å²) in [6.45, 7) is 0. The normalized spacial score (nSPS) is 48.0. The molecule has 0 nitrogen and oxygen atoms in total. The van der Waals surface area contributed by atoms with E-state index in [1.165, 1.54) is 25.2 Å². The average molecular weight is 192 g/mol. The first kappa shape index (κ1) is 9.24. The zero-order valence-electron chi connectivity index (χ0n) is 9.43. The van der Waals surface area contributed by atoms with Gasteiger partial charge in [0.2, 0.25) is 0 Å². The van der Waals surface area contributed by atoms with Gasteiger partial charge in [0.1, 0.15) is 0 Å². The maximum atomic E-state index is 1.61. The van der Waals surface area contributed by atoms with E-state index in [1.54, 1.807) is 51.4 Å². The summed E-state index contributed by atoms with van der Waals surface area (Å²) < 4.78 is 0. The van der Waals surface area contributed by atoms with Gasteiger partial charge in [0, 0.05) is 0 Å². The van der Waals surface area contributed by atoms with Crippen molar-refractivity contribution in [3.8, 4) is 0 Å². The molecule has 4 fully saturated rings. The Morgan fingerprint density at radius 1 is 0.714 bits per heavy atom. The molecule has 0 saturated heterocycles. The molecule has 4 saturated carbocycles. The molecule has 0 aromatic carbocycles. The van der Waals surface area contributed by atoms with Crippen molar-refractivity contribution in [1.29, 1.82) is 0 Å². The van der Waals surface area contributed by atoms with E-state index in [0.29, 0.717) is 0 Å². The Kier molecular flexibility index (Phi) is 2.34. The Morgan fingerprint density at radius 3 is 2.36 bits per heavy atom. The molecular weight excluding hydrogens is 168 g/mol. The molecule has 0 radical (unpaired) electrons. The lowest BCUT2D eigenvalue weighted by molar-refractivity contribution is -0.0476. The Hall–Kier alpha value is 0. The second kappa shape index (κ2) is 3.54. The SMILES string of the molecule is C1CCCC23CCC(CC1)CC2CC3. The third kappa shape index (κ3) is 1.42. The number of fused-ring (bicyclic) bond motifs is 6. The van der Waals surface area contributed by atoms with E-state index >= 15 is 0 Å². The summed E-state index contributed by atoms with van der Waals surface area (Å²) >= 11 is 0. The van der Waals surface area contributed by atoms with E-state index in [9.17, 15) is 0 Å². The van der Waals surface area contributed by atoms with Crippen LogP contribution >= 0.6 is 0 Å². The standard InChI is InChI=1S/C14H24/c1-2-4-8-14-9-6-12(5-3-1)11-13(14)7-10-14/h12-13H,1-11H2. The summed E-state index contributed by atoms with van der Waals surface area (Å²) in [5, 5.41) is 0. The Bertz CT molecular complexity index is 204. The zero-order valence-corrected chi connectivity index (χ0v) is 9.43. The Balaban J connectivity index is 1.73. The fraction of sp³-hybridized carbons (Fsp3) is 1.00. The minimum absolute atomic E-state index is 0.883. The van der Waals surface area contributed by atoms with Crippen LogP contribution in [0, 0.1) is 17.3 Å². The number of rotatable bonds is 0. The van der Waals surface area contributed by atoms with E-state index in [-0.39, 0.29) is 0 Å². The molecule has 0 aromatic heterocycles.